The third-order valence-corrected chi connectivity index (χ3v) is 3.59. The fourth-order valence-corrected chi connectivity index (χ4v) is 2.27. The van der Waals surface area contributed by atoms with Gasteiger partial charge in [0.05, 0.1) is 11.6 Å². The lowest BCUT2D eigenvalue weighted by atomic mass is 10.1. The third-order valence-electron chi connectivity index (χ3n) is 2.70. The van der Waals surface area contributed by atoms with Crippen LogP contribution in [-0.2, 0) is 4.79 Å². The van der Waals surface area contributed by atoms with Crippen LogP contribution in [0.4, 0.5) is 10.5 Å². The molecule has 0 fully saturated rings. The van der Waals surface area contributed by atoms with Crippen LogP contribution >= 0.6 is 27.5 Å². The summed E-state index contributed by atoms with van der Waals surface area (Å²) in [5.74, 6) is -1.22. The summed E-state index contributed by atoms with van der Waals surface area (Å²) >= 11 is 9.11. The van der Waals surface area contributed by atoms with E-state index in [1.54, 1.807) is 25.1 Å². The Bertz CT molecular complexity index is 497. The standard InChI is InChI=1S/C13H16BrClN2O3/c1-8(12(18)19)3-2-6-16-13(20)17-11-5-4-9(15)7-10(11)14/h4-5,7-8H,2-3,6H2,1H3,(H,18,19)(H2,16,17,20). The maximum atomic E-state index is 11.6. The molecule has 2 amide bonds. The number of carboxylic acid groups (broad SMARTS) is 1. The van der Waals surface area contributed by atoms with Crippen molar-refractivity contribution in [3.63, 3.8) is 0 Å². The maximum Gasteiger partial charge on any atom is 0.319 e. The van der Waals surface area contributed by atoms with E-state index in [0.717, 1.165) is 0 Å². The molecule has 1 rings (SSSR count). The quantitative estimate of drug-likeness (QED) is 0.674. The van der Waals surface area contributed by atoms with Crippen molar-refractivity contribution in [1.29, 1.82) is 0 Å². The Hall–Kier alpha value is -1.27. The first-order chi connectivity index (χ1) is 9.40. The van der Waals surface area contributed by atoms with E-state index in [0.29, 0.717) is 34.6 Å². The Labute approximate surface area is 130 Å². The lowest BCUT2D eigenvalue weighted by Crippen LogP contribution is -2.30. The molecule has 1 aromatic carbocycles. The number of anilines is 1. The summed E-state index contributed by atoms with van der Waals surface area (Å²) < 4.78 is 0.694. The Balaban J connectivity index is 2.32. The first-order valence-corrected chi connectivity index (χ1v) is 7.30. The fraction of sp³-hybridized carbons (Fsp3) is 0.385. The molecule has 20 heavy (non-hydrogen) atoms. The highest BCUT2D eigenvalue weighted by molar-refractivity contribution is 9.10. The van der Waals surface area contributed by atoms with E-state index in [4.69, 9.17) is 16.7 Å². The van der Waals surface area contributed by atoms with Crippen molar-refractivity contribution in [3.05, 3.63) is 27.7 Å². The van der Waals surface area contributed by atoms with Crippen LogP contribution in [-0.4, -0.2) is 23.7 Å². The maximum absolute atomic E-state index is 11.6. The molecule has 1 unspecified atom stereocenters. The Morgan fingerprint density at radius 3 is 2.75 bits per heavy atom. The van der Waals surface area contributed by atoms with Crippen LogP contribution in [0.3, 0.4) is 0 Å². The van der Waals surface area contributed by atoms with Gasteiger partial charge in [0, 0.05) is 16.0 Å². The number of halogens is 2. The molecule has 5 nitrogen and oxygen atoms in total. The molecule has 0 heterocycles. The van der Waals surface area contributed by atoms with Gasteiger partial charge in [-0.2, -0.15) is 0 Å². The van der Waals surface area contributed by atoms with Crippen LogP contribution in [0.15, 0.2) is 22.7 Å². The minimum Gasteiger partial charge on any atom is -0.481 e. The number of urea groups is 1. The second kappa shape index (κ2) is 8.11. The van der Waals surface area contributed by atoms with Gasteiger partial charge in [-0.25, -0.2) is 4.79 Å². The van der Waals surface area contributed by atoms with Gasteiger partial charge < -0.3 is 15.7 Å². The molecule has 0 aliphatic rings. The van der Waals surface area contributed by atoms with Crippen LogP contribution < -0.4 is 10.6 Å². The van der Waals surface area contributed by atoms with E-state index in [9.17, 15) is 9.59 Å². The number of benzene rings is 1. The zero-order valence-electron chi connectivity index (χ0n) is 11.0. The molecule has 0 aliphatic carbocycles. The van der Waals surface area contributed by atoms with Crippen LogP contribution in [0.5, 0.6) is 0 Å². The van der Waals surface area contributed by atoms with E-state index in [1.165, 1.54) is 0 Å². The summed E-state index contributed by atoms with van der Waals surface area (Å²) in [5.41, 5.74) is 0.616. The summed E-state index contributed by atoms with van der Waals surface area (Å²) in [6.07, 6.45) is 1.14. The smallest absolute Gasteiger partial charge is 0.319 e. The molecule has 0 aromatic heterocycles. The van der Waals surface area contributed by atoms with Crippen molar-refractivity contribution < 1.29 is 14.7 Å². The third kappa shape index (κ3) is 5.79. The zero-order valence-corrected chi connectivity index (χ0v) is 13.3. The SMILES string of the molecule is CC(CCCNC(=O)Nc1ccc(Cl)cc1Br)C(=O)O. The number of rotatable bonds is 6. The van der Waals surface area contributed by atoms with E-state index < -0.39 is 11.9 Å². The van der Waals surface area contributed by atoms with Gasteiger partial charge in [0.1, 0.15) is 0 Å². The van der Waals surface area contributed by atoms with Crippen molar-refractivity contribution in [1.82, 2.24) is 5.32 Å². The average Bonchev–Trinajstić information content (AvgIpc) is 2.37. The second-order valence-electron chi connectivity index (χ2n) is 4.39. The number of carboxylic acids is 1. The first kappa shape index (κ1) is 16.8. The van der Waals surface area contributed by atoms with E-state index >= 15 is 0 Å². The summed E-state index contributed by atoms with van der Waals surface area (Å²) in [7, 11) is 0. The molecular weight excluding hydrogens is 348 g/mol. The lowest BCUT2D eigenvalue weighted by Gasteiger charge is -2.10. The Morgan fingerprint density at radius 2 is 2.15 bits per heavy atom. The minimum absolute atomic E-state index is 0.337. The van der Waals surface area contributed by atoms with E-state index in [2.05, 4.69) is 26.6 Å². The Morgan fingerprint density at radius 1 is 1.45 bits per heavy atom. The number of aliphatic carboxylic acids is 1. The normalized spacial score (nSPS) is 11.8. The van der Waals surface area contributed by atoms with E-state index in [-0.39, 0.29) is 6.03 Å². The van der Waals surface area contributed by atoms with Crippen molar-refractivity contribution in [2.45, 2.75) is 19.8 Å². The summed E-state index contributed by atoms with van der Waals surface area (Å²) in [6.45, 7) is 2.07. The minimum atomic E-state index is -0.820. The molecule has 7 heteroatoms. The molecule has 0 aliphatic heterocycles. The highest BCUT2D eigenvalue weighted by Crippen LogP contribution is 2.25. The monoisotopic (exact) mass is 362 g/mol. The van der Waals surface area contributed by atoms with Gasteiger partial charge in [0.15, 0.2) is 0 Å². The number of amides is 2. The van der Waals surface area contributed by atoms with Crippen molar-refractivity contribution in [3.8, 4) is 0 Å². The molecular formula is C13H16BrClN2O3. The number of hydrogen-bond donors (Lipinski definition) is 3. The number of nitrogens with one attached hydrogen (secondary N) is 2. The van der Waals surface area contributed by atoms with Crippen molar-refractivity contribution >= 4 is 45.2 Å². The van der Waals surface area contributed by atoms with Crippen molar-refractivity contribution in [2.24, 2.45) is 5.92 Å². The first-order valence-electron chi connectivity index (χ1n) is 6.13. The molecule has 0 saturated heterocycles. The Kier molecular flexibility index (Phi) is 6.81. The van der Waals surface area contributed by atoms with Crippen LogP contribution in [0.1, 0.15) is 19.8 Å². The summed E-state index contributed by atoms with van der Waals surface area (Å²) in [6, 6.07) is 4.72. The topological polar surface area (TPSA) is 78.4 Å². The fourth-order valence-electron chi connectivity index (χ4n) is 1.49. The van der Waals surface area contributed by atoms with Crippen LogP contribution in [0.2, 0.25) is 5.02 Å². The average molecular weight is 364 g/mol. The van der Waals surface area contributed by atoms with Gasteiger partial charge >= 0.3 is 12.0 Å². The highest BCUT2D eigenvalue weighted by atomic mass is 79.9. The van der Waals surface area contributed by atoms with Gasteiger partial charge in [-0.15, -0.1) is 0 Å². The van der Waals surface area contributed by atoms with E-state index in [1.807, 2.05) is 0 Å². The molecule has 0 bridgehead atoms. The number of hydrogen-bond acceptors (Lipinski definition) is 2. The number of carbonyl (C=O) groups excluding carboxylic acids is 1. The van der Waals surface area contributed by atoms with Gasteiger partial charge in [0.2, 0.25) is 0 Å². The molecule has 110 valence electrons. The van der Waals surface area contributed by atoms with Gasteiger partial charge in [-0.1, -0.05) is 18.5 Å². The zero-order chi connectivity index (χ0) is 15.1. The van der Waals surface area contributed by atoms with Gasteiger partial charge in [-0.05, 0) is 47.0 Å². The lowest BCUT2D eigenvalue weighted by molar-refractivity contribution is -0.141. The summed E-state index contributed by atoms with van der Waals surface area (Å²) in [4.78, 5) is 22.3. The molecule has 0 saturated carbocycles. The van der Waals surface area contributed by atoms with Gasteiger partial charge in [-0.3, -0.25) is 4.79 Å². The van der Waals surface area contributed by atoms with Crippen molar-refractivity contribution in [2.75, 3.05) is 11.9 Å². The molecule has 1 aromatic rings. The highest BCUT2D eigenvalue weighted by Gasteiger charge is 2.10. The molecule has 0 radical (unpaired) electrons. The van der Waals surface area contributed by atoms with Gasteiger partial charge in [0.25, 0.3) is 0 Å². The number of carbonyl (C=O) groups is 2. The largest absolute Gasteiger partial charge is 0.481 e. The predicted octanol–water partition coefficient (Wildman–Crippen LogP) is 3.72. The summed E-state index contributed by atoms with van der Waals surface area (Å²) in [5, 5.41) is 14.6. The van der Waals surface area contributed by atoms with Crippen LogP contribution in [0, 0.1) is 5.92 Å². The molecule has 1 atom stereocenters. The molecule has 0 spiro atoms. The van der Waals surface area contributed by atoms with Crippen LogP contribution in [0.25, 0.3) is 0 Å². The molecule has 3 N–H and O–H groups in total. The second-order valence-corrected chi connectivity index (χ2v) is 5.68. The predicted molar refractivity (Wildman–Crippen MR) is 82.2 cm³/mol.